The number of benzene rings is 2. The average molecular weight is 352 g/mol. The Morgan fingerprint density at radius 1 is 1.15 bits per heavy atom. The van der Waals surface area contributed by atoms with Crippen molar-refractivity contribution in [2.45, 2.75) is 25.3 Å². The van der Waals surface area contributed by atoms with Crippen molar-refractivity contribution in [3.8, 4) is 5.75 Å². The number of carbonyl (C=O) groups excluding carboxylic acids is 2. The van der Waals surface area contributed by atoms with Crippen LogP contribution < -0.4 is 10.1 Å². The molecule has 0 saturated carbocycles. The second-order valence-corrected chi connectivity index (χ2v) is 6.46. The first kappa shape index (κ1) is 18.0. The highest BCUT2D eigenvalue weighted by molar-refractivity contribution is 5.80. The van der Waals surface area contributed by atoms with Gasteiger partial charge in [0.05, 0.1) is 19.6 Å². The summed E-state index contributed by atoms with van der Waals surface area (Å²) in [4.78, 5) is 26.5. The van der Waals surface area contributed by atoms with Gasteiger partial charge in [0.1, 0.15) is 5.75 Å². The Kier molecular flexibility index (Phi) is 5.89. The molecule has 3 rings (SSSR count). The molecule has 0 aromatic heterocycles. The summed E-state index contributed by atoms with van der Waals surface area (Å²) in [6.45, 7) is 1.26. The number of hydrogen-bond acceptors (Lipinski definition) is 3. The lowest BCUT2D eigenvalue weighted by Crippen LogP contribution is -2.39. The van der Waals surface area contributed by atoms with Gasteiger partial charge in [0.25, 0.3) is 0 Å². The minimum Gasteiger partial charge on any atom is -0.496 e. The summed E-state index contributed by atoms with van der Waals surface area (Å²) in [5.41, 5.74) is 1.84. The fraction of sp³-hybridized carbons (Fsp3) is 0.333. The zero-order chi connectivity index (χ0) is 18.4. The molecule has 2 amide bonds. The molecule has 5 nitrogen and oxygen atoms in total. The standard InChI is InChI=1S/C21H24N2O3/c1-26-19-11-6-5-10-17(19)14-20(24)22-18(16-8-3-2-4-9-16)15-23-13-7-12-21(23)25/h2-6,8-11,18H,7,12-15H2,1H3,(H,22,24). The van der Waals surface area contributed by atoms with Crippen molar-refractivity contribution in [1.29, 1.82) is 0 Å². The molecule has 1 heterocycles. The number of nitrogens with one attached hydrogen (secondary N) is 1. The first-order chi connectivity index (χ1) is 12.7. The molecule has 2 aromatic carbocycles. The monoisotopic (exact) mass is 352 g/mol. The van der Waals surface area contributed by atoms with Crippen molar-refractivity contribution < 1.29 is 14.3 Å². The number of likely N-dealkylation sites (tertiary alicyclic amines) is 1. The Labute approximate surface area is 154 Å². The first-order valence-electron chi connectivity index (χ1n) is 8.91. The summed E-state index contributed by atoms with van der Waals surface area (Å²) in [5, 5.41) is 3.09. The lowest BCUT2D eigenvalue weighted by molar-refractivity contribution is -0.129. The van der Waals surface area contributed by atoms with E-state index in [0.29, 0.717) is 18.7 Å². The maximum Gasteiger partial charge on any atom is 0.225 e. The quantitative estimate of drug-likeness (QED) is 0.833. The number of amides is 2. The van der Waals surface area contributed by atoms with Gasteiger partial charge in [0.2, 0.25) is 11.8 Å². The van der Waals surface area contributed by atoms with Crippen LogP contribution in [-0.2, 0) is 16.0 Å². The van der Waals surface area contributed by atoms with Crippen molar-refractivity contribution in [2.24, 2.45) is 0 Å². The lowest BCUT2D eigenvalue weighted by atomic mass is 10.1. The highest BCUT2D eigenvalue weighted by Crippen LogP contribution is 2.21. The zero-order valence-corrected chi connectivity index (χ0v) is 15.0. The van der Waals surface area contributed by atoms with Gasteiger partial charge in [-0.3, -0.25) is 9.59 Å². The van der Waals surface area contributed by atoms with E-state index < -0.39 is 0 Å². The first-order valence-corrected chi connectivity index (χ1v) is 8.91. The highest BCUT2D eigenvalue weighted by Gasteiger charge is 2.25. The van der Waals surface area contributed by atoms with E-state index in [1.54, 1.807) is 7.11 Å². The predicted octanol–water partition coefficient (Wildman–Crippen LogP) is 2.72. The Morgan fingerprint density at radius 2 is 1.88 bits per heavy atom. The Morgan fingerprint density at radius 3 is 2.58 bits per heavy atom. The predicted molar refractivity (Wildman–Crippen MR) is 99.8 cm³/mol. The van der Waals surface area contributed by atoms with Crippen LogP contribution >= 0.6 is 0 Å². The lowest BCUT2D eigenvalue weighted by Gasteiger charge is -2.25. The third-order valence-electron chi connectivity index (χ3n) is 4.66. The van der Waals surface area contributed by atoms with Crippen molar-refractivity contribution in [3.05, 3.63) is 65.7 Å². The van der Waals surface area contributed by atoms with Crippen LogP contribution in [0.1, 0.15) is 30.0 Å². The summed E-state index contributed by atoms with van der Waals surface area (Å²) in [6.07, 6.45) is 1.72. The van der Waals surface area contributed by atoms with Gasteiger partial charge in [-0.15, -0.1) is 0 Å². The summed E-state index contributed by atoms with van der Waals surface area (Å²) in [7, 11) is 1.60. The van der Waals surface area contributed by atoms with Crippen molar-refractivity contribution in [3.63, 3.8) is 0 Å². The summed E-state index contributed by atoms with van der Waals surface area (Å²) >= 11 is 0. The van der Waals surface area contributed by atoms with Gasteiger partial charge in [-0.2, -0.15) is 0 Å². The van der Waals surface area contributed by atoms with Crippen LogP contribution in [0.4, 0.5) is 0 Å². The largest absolute Gasteiger partial charge is 0.496 e. The molecule has 26 heavy (non-hydrogen) atoms. The van der Waals surface area contributed by atoms with Gasteiger partial charge in [0.15, 0.2) is 0 Å². The maximum atomic E-state index is 12.6. The summed E-state index contributed by atoms with van der Waals surface area (Å²) in [6, 6.07) is 17.1. The summed E-state index contributed by atoms with van der Waals surface area (Å²) < 4.78 is 5.32. The molecule has 0 aliphatic carbocycles. The van der Waals surface area contributed by atoms with E-state index in [2.05, 4.69) is 5.32 Å². The van der Waals surface area contributed by atoms with Crippen molar-refractivity contribution >= 4 is 11.8 Å². The molecular weight excluding hydrogens is 328 g/mol. The molecule has 0 spiro atoms. The minimum absolute atomic E-state index is 0.0880. The molecule has 1 atom stereocenters. The van der Waals surface area contributed by atoms with Crippen molar-refractivity contribution in [1.82, 2.24) is 10.2 Å². The fourth-order valence-corrected chi connectivity index (χ4v) is 3.30. The molecule has 2 aromatic rings. The molecular formula is C21H24N2O3. The van der Waals surface area contributed by atoms with Gasteiger partial charge in [-0.1, -0.05) is 48.5 Å². The van der Waals surface area contributed by atoms with Gasteiger partial charge in [-0.05, 0) is 18.1 Å². The van der Waals surface area contributed by atoms with Gasteiger partial charge >= 0.3 is 0 Å². The molecule has 1 fully saturated rings. The van der Waals surface area contributed by atoms with Crippen LogP contribution in [0.3, 0.4) is 0 Å². The molecule has 1 aliphatic heterocycles. The number of methoxy groups -OCH3 is 1. The van der Waals surface area contributed by atoms with E-state index in [1.165, 1.54) is 0 Å². The number of rotatable bonds is 7. The van der Waals surface area contributed by atoms with Crippen LogP contribution in [0.25, 0.3) is 0 Å². The van der Waals surface area contributed by atoms with Crippen LogP contribution in [0.5, 0.6) is 5.75 Å². The fourth-order valence-electron chi connectivity index (χ4n) is 3.30. The molecule has 5 heteroatoms. The van der Waals surface area contributed by atoms with E-state index in [4.69, 9.17) is 4.74 Å². The van der Waals surface area contributed by atoms with E-state index in [-0.39, 0.29) is 24.3 Å². The normalized spacial score (nSPS) is 15.0. The Bertz CT molecular complexity index is 761. The average Bonchev–Trinajstić information content (AvgIpc) is 3.07. The second-order valence-electron chi connectivity index (χ2n) is 6.46. The number of carbonyl (C=O) groups is 2. The van der Waals surface area contributed by atoms with Gasteiger partial charge in [0, 0.05) is 25.1 Å². The highest BCUT2D eigenvalue weighted by atomic mass is 16.5. The van der Waals surface area contributed by atoms with Gasteiger partial charge in [-0.25, -0.2) is 0 Å². The topological polar surface area (TPSA) is 58.6 Å². The molecule has 1 saturated heterocycles. The molecule has 0 bridgehead atoms. The second kappa shape index (κ2) is 8.52. The van der Waals surface area contributed by atoms with Gasteiger partial charge < -0.3 is 15.0 Å². The third kappa shape index (κ3) is 4.42. The minimum atomic E-state index is -0.222. The van der Waals surface area contributed by atoms with Crippen LogP contribution in [-0.4, -0.2) is 36.9 Å². The number of nitrogens with zero attached hydrogens (tertiary/aromatic N) is 1. The SMILES string of the molecule is COc1ccccc1CC(=O)NC(CN1CCCC1=O)c1ccccc1. The third-order valence-corrected chi connectivity index (χ3v) is 4.66. The van der Waals surface area contributed by atoms with Crippen LogP contribution in [0, 0.1) is 0 Å². The van der Waals surface area contributed by atoms with E-state index >= 15 is 0 Å². The van der Waals surface area contributed by atoms with E-state index in [1.807, 2.05) is 59.5 Å². The molecule has 1 N–H and O–H groups in total. The number of hydrogen-bond donors (Lipinski definition) is 1. The number of para-hydroxylation sites is 1. The van der Waals surface area contributed by atoms with Crippen LogP contribution in [0.15, 0.2) is 54.6 Å². The number of ether oxygens (including phenoxy) is 1. The van der Waals surface area contributed by atoms with E-state index in [9.17, 15) is 9.59 Å². The smallest absolute Gasteiger partial charge is 0.225 e. The molecule has 0 radical (unpaired) electrons. The Balaban J connectivity index is 1.72. The molecule has 1 unspecified atom stereocenters. The molecule has 1 aliphatic rings. The molecule has 136 valence electrons. The van der Waals surface area contributed by atoms with Crippen molar-refractivity contribution in [2.75, 3.05) is 20.2 Å². The summed E-state index contributed by atoms with van der Waals surface area (Å²) in [5.74, 6) is 0.772. The Hall–Kier alpha value is -2.82. The maximum absolute atomic E-state index is 12.6. The zero-order valence-electron chi connectivity index (χ0n) is 15.0. The van der Waals surface area contributed by atoms with E-state index in [0.717, 1.165) is 24.1 Å². The van der Waals surface area contributed by atoms with Crippen LogP contribution in [0.2, 0.25) is 0 Å².